The van der Waals surface area contributed by atoms with Gasteiger partial charge in [-0.2, -0.15) is 0 Å². The maximum Gasteiger partial charge on any atom is 0.0698 e. The van der Waals surface area contributed by atoms with E-state index in [9.17, 15) is 0 Å². The van der Waals surface area contributed by atoms with Crippen molar-refractivity contribution in [1.29, 1.82) is 0 Å². The van der Waals surface area contributed by atoms with Gasteiger partial charge in [0, 0.05) is 5.41 Å². The van der Waals surface area contributed by atoms with Crippen molar-refractivity contribution in [2.45, 2.75) is 6.92 Å². The normalized spacial score (nSPS) is 18.1. The van der Waals surface area contributed by atoms with Crippen molar-refractivity contribution < 1.29 is 0 Å². The molecule has 0 aromatic heterocycles. The summed E-state index contributed by atoms with van der Waals surface area (Å²) in [5.74, 6) is 0. The Kier molecular flexibility index (Phi) is 1.31. The van der Waals surface area contributed by atoms with Crippen molar-refractivity contribution in [3.63, 3.8) is 0 Å². The molecule has 1 aliphatic rings. The van der Waals surface area contributed by atoms with Gasteiger partial charge < -0.3 is 0 Å². The molecule has 4 heteroatoms. The smallest absolute Gasteiger partial charge is 0.0698 e. The van der Waals surface area contributed by atoms with Gasteiger partial charge in [0.2, 0.25) is 0 Å². The highest BCUT2D eigenvalue weighted by Crippen LogP contribution is 2.08. The molecule has 1 heterocycles. The minimum atomic E-state index is 0.948. The fraction of sp³-hybridized carbons (Fsp3) is 0.333. The predicted octanol–water partition coefficient (Wildman–Crippen LogP) is 1.47. The predicted molar refractivity (Wildman–Crippen MR) is 29.3 cm³/mol. The van der Waals surface area contributed by atoms with Crippen molar-refractivity contribution in [2.75, 3.05) is 0 Å². The number of rotatable bonds is 0. The quantitative estimate of drug-likeness (QED) is 0.485. The zero-order chi connectivity index (χ0) is 5.11. The van der Waals surface area contributed by atoms with Gasteiger partial charge in [0.05, 0.1) is 5.70 Å². The highest BCUT2D eigenvalue weighted by molar-refractivity contribution is 8.00. The van der Waals surface area contributed by atoms with E-state index in [4.69, 9.17) is 0 Å². The van der Waals surface area contributed by atoms with Crippen LogP contribution in [0.5, 0.6) is 0 Å². The first-order valence-electron chi connectivity index (χ1n) is 1.88. The minimum Gasteiger partial charge on any atom is -0.229 e. The summed E-state index contributed by atoms with van der Waals surface area (Å²) in [5, 5.41) is 9.11. The third kappa shape index (κ3) is 1.19. The minimum absolute atomic E-state index is 0.948. The lowest BCUT2D eigenvalue weighted by molar-refractivity contribution is 0.930. The van der Waals surface area contributed by atoms with Crippen molar-refractivity contribution in [2.24, 2.45) is 10.3 Å². The van der Waals surface area contributed by atoms with Crippen molar-refractivity contribution in [3.05, 3.63) is 11.1 Å². The SMILES string of the molecule is CC1=CSNN=N1. The van der Waals surface area contributed by atoms with E-state index in [0.717, 1.165) is 5.70 Å². The zero-order valence-corrected chi connectivity index (χ0v) is 4.70. The molecule has 0 aromatic carbocycles. The monoisotopic (exact) mass is 115 g/mol. The first-order chi connectivity index (χ1) is 3.39. The fourth-order valence-electron chi connectivity index (χ4n) is 0.258. The Morgan fingerprint density at radius 3 is 3.00 bits per heavy atom. The molecule has 0 radical (unpaired) electrons. The maximum absolute atomic E-state index is 3.68. The van der Waals surface area contributed by atoms with Gasteiger partial charge in [0.25, 0.3) is 0 Å². The van der Waals surface area contributed by atoms with E-state index in [1.54, 1.807) is 0 Å². The molecular formula is C3H5N3S. The first kappa shape index (κ1) is 4.64. The molecule has 0 bridgehead atoms. The van der Waals surface area contributed by atoms with E-state index >= 15 is 0 Å². The van der Waals surface area contributed by atoms with Crippen LogP contribution in [0, 0.1) is 0 Å². The summed E-state index contributed by atoms with van der Waals surface area (Å²) in [4.78, 5) is 2.61. The Balaban J connectivity index is 2.58. The van der Waals surface area contributed by atoms with Crippen LogP contribution in [0.25, 0.3) is 0 Å². The van der Waals surface area contributed by atoms with Crippen LogP contribution in [0.1, 0.15) is 6.92 Å². The van der Waals surface area contributed by atoms with E-state index < -0.39 is 0 Å². The largest absolute Gasteiger partial charge is 0.229 e. The average Bonchev–Trinajstić information content (AvgIpc) is 1.69. The summed E-state index contributed by atoms with van der Waals surface area (Å²) >= 11 is 1.43. The van der Waals surface area contributed by atoms with Gasteiger partial charge >= 0.3 is 0 Å². The Morgan fingerprint density at radius 2 is 2.71 bits per heavy atom. The highest BCUT2D eigenvalue weighted by Gasteiger charge is 1.88. The third-order valence-electron chi connectivity index (χ3n) is 0.531. The van der Waals surface area contributed by atoms with E-state index in [1.165, 1.54) is 11.9 Å². The Bertz CT molecular complexity index is 117. The summed E-state index contributed by atoms with van der Waals surface area (Å²) in [6, 6.07) is 0. The molecule has 0 saturated heterocycles. The molecule has 0 amide bonds. The van der Waals surface area contributed by atoms with E-state index in [2.05, 4.69) is 15.2 Å². The number of nitrogens with zero attached hydrogens (tertiary/aromatic N) is 2. The molecule has 38 valence electrons. The molecule has 1 rings (SSSR count). The van der Waals surface area contributed by atoms with Crippen LogP contribution < -0.4 is 4.83 Å². The van der Waals surface area contributed by atoms with Gasteiger partial charge in [-0.05, 0) is 18.9 Å². The Hall–Kier alpha value is -0.510. The van der Waals surface area contributed by atoms with Crippen LogP contribution >= 0.6 is 11.9 Å². The second-order valence-corrected chi connectivity index (χ2v) is 1.82. The summed E-state index contributed by atoms with van der Waals surface area (Å²) in [7, 11) is 0. The molecule has 1 aliphatic heterocycles. The number of allylic oxidation sites excluding steroid dienone is 1. The van der Waals surface area contributed by atoms with Crippen LogP contribution in [0.15, 0.2) is 21.4 Å². The van der Waals surface area contributed by atoms with Crippen LogP contribution in [0.2, 0.25) is 0 Å². The molecule has 0 aromatic rings. The van der Waals surface area contributed by atoms with Crippen molar-refractivity contribution in [3.8, 4) is 0 Å². The average molecular weight is 115 g/mol. The van der Waals surface area contributed by atoms with Gasteiger partial charge in [-0.1, -0.05) is 5.22 Å². The Labute approximate surface area is 46.0 Å². The second kappa shape index (κ2) is 1.97. The van der Waals surface area contributed by atoms with Gasteiger partial charge in [0.15, 0.2) is 0 Å². The lowest BCUT2D eigenvalue weighted by Gasteiger charge is -1.96. The molecule has 7 heavy (non-hydrogen) atoms. The second-order valence-electron chi connectivity index (χ2n) is 1.17. The zero-order valence-electron chi connectivity index (χ0n) is 3.88. The van der Waals surface area contributed by atoms with E-state index in [-0.39, 0.29) is 0 Å². The topological polar surface area (TPSA) is 36.8 Å². The van der Waals surface area contributed by atoms with Crippen LogP contribution in [-0.2, 0) is 0 Å². The van der Waals surface area contributed by atoms with Crippen LogP contribution in [-0.4, -0.2) is 0 Å². The molecule has 0 fully saturated rings. The molecule has 0 spiro atoms. The van der Waals surface area contributed by atoms with Gasteiger partial charge in [-0.15, -0.1) is 5.11 Å². The molecule has 0 aliphatic carbocycles. The third-order valence-corrected chi connectivity index (χ3v) is 1.18. The standard InChI is InChI=1S/C3H5N3S/c1-3-2-7-6-5-4-3/h2H,1H3,(H,4,6). The fourth-order valence-corrected chi connectivity index (χ4v) is 0.616. The number of nitrogens with one attached hydrogen (secondary N) is 1. The van der Waals surface area contributed by atoms with Crippen molar-refractivity contribution in [1.82, 2.24) is 4.83 Å². The molecule has 0 unspecified atom stereocenters. The molecular weight excluding hydrogens is 110 g/mol. The molecule has 1 N–H and O–H groups in total. The number of hydrogen-bond acceptors (Lipinski definition) is 4. The number of hydrogen-bond donors (Lipinski definition) is 1. The molecule has 0 atom stereocenters. The summed E-state index contributed by atoms with van der Waals surface area (Å²) in [5.41, 5.74) is 0.948. The van der Waals surface area contributed by atoms with Gasteiger partial charge in [-0.25, -0.2) is 4.83 Å². The summed E-state index contributed by atoms with van der Waals surface area (Å²) in [6.45, 7) is 1.90. The lowest BCUT2D eigenvalue weighted by atomic mass is 10.6. The molecule has 3 nitrogen and oxygen atoms in total. The summed E-state index contributed by atoms with van der Waals surface area (Å²) in [6.07, 6.45) is 0. The van der Waals surface area contributed by atoms with E-state index in [0.29, 0.717) is 0 Å². The highest BCUT2D eigenvalue weighted by atomic mass is 32.2. The van der Waals surface area contributed by atoms with Crippen LogP contribution in [0.3, 0.4) is 0 Å². The molecule has 0 saturated carbocycles. The maximum atomic E-state index is 3.68. The van der Waals surface area contributed by atoms with Gasteiger partial charge in [-0.3, -0.25) is 0 Å². The lowest BCUT2D eigenvalue weighted by Crippen LogP contribution is -1.90. The first-order valence-corrected chi connectivity index (χ1v) is 2.76. The van der Waals surface area contributed by atoms with Crippen LogP contribution in [0.4, 0.5) is 0 Å². The van der Waals surface area contributed by atoms with E-state index in [1.807, 2.05) is 12.3 Å². The Morgan fingerprint density at radius 1 is 1.86 bits per heavy atom. The van der Waals surface area contributed by atoms with Gasteiger partial charge in [0.1, 0.15) is 0 Å². The van der Waals surface area contributed by atoms with Crippen molar-refractivity contribution >= 4 is 11.9 Å². The summed E-state index contributed by atoms with van der Waals surface area (Å²) < 4.78 is 0.